The Morgan fingerprint density at radius 3 is 2.47 bits per heavy atom. The largest absolute Gasteiger partial charge is 0.372 e. The lowest BCUT2D eigenvalue weighted by Crippen LogP contribution is -2.47. The van der Waals surface area contributed by atoms with Crippen molar-refractivity contribution >= 4 is 27.6 Å². The highest BCUT2D eigenvalue weighted by Gasteiger charge is 2.16. The monoisotopic (exact) mass is 300 g/mol. The summed E-state index contributed by atoms with van der Waals surface area (Å²) in [6.07, 6.45) is 1.55. The highest BCUT2D eigenvalue weighted by atomic mass is 79.9. The minimum atomic E-state index is 0.789. The van der Waals surface area contributed by atoms with Crippen molar-refractivity contribution in [2.24, 2.45) is 0 Å². The molecule has 0 saturated carbocycles. The van der Waals surface area contributed by atoms with Gasteiger partial charge in [-0.25, -0.2) is 15.0 Å². The smallest absolute Gasteiger partial charge is 0.160 e. The average molecular weight is 301 g/mol. The zero-order chi connectivity index (χ0) is 12.3. The average Bonchev–Trinajstić information content (AvgIpc) is 2.35. The minimum absolute atomic E-state index is 0.789. The van der Waals surface area contributed by atoms with E-state index in [1.807, 2.05) is 7.05 Å². The first-order valence-corrected chi connectivity index (χ1v) is 6.38. The Kier molecular flexibility index (Phi) is 4.14. The third-order valence-corrected chi connectivity index (χ3v) is 3.54. The third kappa shape index (κ3) is 3.05. The second kappa shape index (κ2) is 5.61. The molecule has 1 aliphatic heterocycles. The second-order valence-electron chi connectivity index (χ2n) is 4.04. The molecule has 0 spiro atoms. The highest BCUT2D eigenvalue weighted by molar-refractivity contribution is 9.10. The molecule has 0 radical (unpaired) electrons. The van der Waals surface area contributed by atoms with Crippen LogP contribution in [0.5, 0.6) is 0 Å². The maximum atomic E-state index is 4.24. The molecule has 6 nitrogen and oxygen atoms in total. The van der Waals surface area contributed by atoms with E-state index in [-0.39, 0.29) is 0 Å². The van der Waals surface area contributed by atoms with Crippen LogP contribution >= 0.6 is 15.9 Å². The molecular formula is C10H17BrN6. The van der Waals surface area contributed by atoms with E-state index in [0.717, 1.165) is 42.3 Å². The van der Waals surface area contributed by atoms with Gasteiger partial charge in [0.1, 0.15) is 16.6 Å². The van der Waals surface area contributed by atoms with Gasteiger partial charge in [-0.05, 0) is 23.0 Å². The second-order valence-corrected chi connectivity index (χ2v) is 4.83. The lowest BCUT2D eigenvalue weighted by atomic mass is 10.4. The van der Waals surface area contributed by atoms with Gasteiger partial charge < -0.3 is 15.6 Å². The quantitative estimate of drug-likeness (QED) is 0.863. The number of likely N-dealkylation sites (N-methyl/N-ethyl adjacent to an activating group) is 1. The fourth-order valence-electron chi connectivity index (χ4n) is 1.69. The van der Waals surface area contributed by atoms with Gasteiger partial charge in [-0.3, -0.25) is 0 Å². The highest BCUT2D eigenvalue weighted by Crippen LogP contribution is 2.26. The van der Waals surface area contributed by atoms with Crippen LogP contribution in [-0.2, 0) is 0 Å². The first-order chi connectivity index (χ1) is 8.20. The van der Waals surface area contributed by atoms with Crippen molar-refractivity contribution in [3.63, 3.8) is 0 Å². The Morgan fingerprint density at radius 2 is 1.82 bits per heavy atom. The van der Waals surface area contributed by atoms with Gasteiger partial charge in [-0.15, -0.1) is 0 Å². The zero-order valence-corrected chi connectivity index (χ0v) is 11.7. The molecule has 17 heavy (non-hydrogen) atoms. The van der Waals surface area contributed by atoms with E-state index in [4.69, 9.17) is 0 Å². The van der Waals surface area contributed by atoms with Gasteiger partial charge in [0.15, 0.2) is 5.82 Å². The van der Waals surface area contributed by atoms with Crippen LogP contribution in [-0.4, -0.2) is 60.2 Å². The van der Waals surface area contributed by atoms with E-state index in [2.05, 4.69) is 53.6 Å². The summed E-state index contributed by atoms with van der Waals surface area (Å²) in [7, 11) is 3.98. The predicted molar refractivity (Wildman–Crippen MR) is 72.0 cm³/mol. The van der Waals surface area contributed by atoms with Gasteiger partial charge in [0, 0.05) is 33.2 Å². The number of nitrogens with one attached hydrogen (secondary N) is 2. The summed E-state index contributed by atoms with van der Waals surface area (Å²) in [4.78, 5) is 10.7. The van der Waals surface area contributed by atoms with Crippen molar-refractivity contribution in [2.75, 3.05) is 51.0 Å². The van der Waals surface area contributed by atoms with Gasteiger partial charge in [0.25, 0.3) is 0 Å². The number of hydrogen-bond acceptors (Lipinski definition) is 6. The molecule has 0 aliphatic carbocycles. The third-order valence-electron chi connectivity index (χ3n) is 2.79. The number of halogens is 1. The van der Waals surface area contributed by atoms with Crippen LogP contribution in [0.15, 0.2) is 10.8 Å². The van der Waals surface area contributed by atoms with E-state index >= 15 is 0 Å². The normalized spacial score (nSPS) is 18.1. The first-order valence-electron chi connectivity index (χ1n) is 5.59. The van der Waals surface area contributed by atoms with Crippen LogP contribution in [0.2, 0.25) is 0 Å². The predicted octanol–water partition coefficient (Wildman–Crippen LogP) is 0.855. The summed E-state index contributed by atoms with van der Waals surface area (Å²) in [5, 5.41) is 5.19. The lowest BCUT2D eigenvalue weighted by molar-refractivity contribution is 0.178. The van der Waals surface area contributed by atoms with Gasteiger partial charge >= 0.3 is 0 Å². The maximum Gasteiger partial charge on any atom is 0.160 e. The molecule has 1 aliphatic rings. The van der Waals surface area contributed by atoms with E-state index in [1.165, 1.54) is 0 Å². The summed E-state index contributed by atoms with van der Waals surface area (Å²) >= 11 is 3.49. The number of piperazine rings is 1. The summed E-state index contributed by atoms with van der Waals surface area (Å²) in [6, 6.07) is 0. The SMILES string of the molecule is CNc1ncnc(NN2CCN(C)CC2)c1Br. The number of hydrogen-bond donors (Lipinski definition) is 2. The fraction of sp³-hybridized carbons (Fsp3) is 0.600. The van der Waals surface area contributed by atoms with Gasteiger partial charge in [0.05, 0.1) is 0 Å². The molecule has 0 bridgehead atoms. The van der Waals surface area contributed by atoms with Gasteiger partial charge in [-0.2, -0.15) is 0 Å². The molecule has 0 amide bonds. The first kappa shape index (κ1) is 12.5. The molecule has 2 N–H and O–H groups in total. The minimum Gasteiger partial charge on any atom is -0.372 e. The van der Waals surface area contributed by atoms with E-state index < -0.39 is 0 Å². The van der Waals surface area contributed by atoms with Gasteiger partial charge in [-0.1, -0.05) is 0 Å². The Morgan fingerprint density at radius 1 is 1.18 bits per heavy atom. The van der Waals surface area contributed by atoms with Crippen molar-refractivity contribution in [1.29, 1.82) is 0 Å². The molecule has 1 aromatic heterocycles. The van der Waals surface area contributed by atoms with Crippen molar-refractivity contribution in [1.82, 2.24) is 19.9 Å². The van der Waals surface area contributed by atoms with Crippen molar-refractivity contribution in [2.45, 2.75) is 0 Å². The van der Waals surface area contributed by atoms with Gasteiger partial charge in [0.2, 0.25) is 0 Å². The lowest BCUT2D eigenvalue weighted by Gasteiger charge is -2.32. The maximum absolute atomic E-state index is 4.24. The summed E-state index contributed by atoms with van der Waals surface area (Å²) in [6.45, 7) is 4.10. The van der Waals surface area contributed by atoms with Crippen LogP contribution in [0.4, 0.5) is 11.6 Å². The molecule has 2 heterocycles. The molecular weight excluding hydrogens is 284 g/mol. The number of aromatic nitrogens is 2. The molecule has 1 fully saturated rings. The van der Waals surface area contributed by atoms with Crippen LogP contribution in [0.1, 0.15) is 0 Å². The summed E-state index contributed by atoms with van der Waals surface area (Å²) in [5.74, 6) is 1.59. The molecule has 94 valence electrons. The Labute approximate surface area is 110 Å². The van der Waals surface area contributed by atoms with Crippen LogP contribution < -0.4 is 10.7 Å². The molecule has 7 heteroatoms. The van der Waals surface area contributed by atoms with Crippen LogP contribution in [0.3, 0.4) is 0 Å². The van der Waals surface area contributed by atoms with Crippen molar-refractivity contribution < 1.29 is 0 Å². The molecule has 0 atom stereocenters. The Balaban J connectivity index is 2.03. The molecule has 1 saturated heterocycles. The number of rotatable bonds is 3. The van der Waals surface area contributed by atoms with E-state index in [0.29, 0.717) is 0 Å². The molecule has 2 rings (SSSR count). The molecule has 0 unspecified atom stereocenters. The Bertz CT molecular complexity index is 377. The fourth-order valence-corrected chi connectivity index (χ4v) is 2.18. The molecule has 0 aromatic carbocycles. The number of anilines is 2. The van der Waals surface area contributed by atoms with Crippen molar-refractivity contribution in [3.05, 3.63) is 10.8 Å². The standard InChI is InChI=1S/C10H17BrN6/c1-12-9-8(11)10(14-7-13-9)15-17-5-3-16(2)4-6-17/h7H,3-6H2,1-2H3,(H2,12,13,14,15). The van der Waals surface area contributed by atoms with Crippen LogP contribution in [0, 0.1) is 0 Å². The number of hydrazine groups is 1. The van der Waals surface area contributed by atoms with Crippen LogP contribution in [0.25, 0.3) is 0 Å². The summed E-state index contributed by atoms with van der Waals surface area (Å²) in [5.41, 5.74) is 3.31. The van der Waals surface area contributed by atoms with E-state index in [9.17, 15) is 0 Å². The van der Waals surface area contributed by atoms with Crippen molar-refractivity contribution in [3.8, 4) is 0 Å². The molecule has 1 aromatic rings. The Hall–Kier alpha value is -0.920. The topological polar surface area (TPSA) is 56.3 Å². The zero-order valence-electron chi connectivity index (χ0n) is 10.1. The summed E-state index contributed by atoms with van der Waals surface area (Å²) < 4.78 is 0.862. The van der Waals surface area contributed by atoms with E-state index in [1.54, 1.807) is 6.33 Å². The number of nitrogens with zero attached hydrogens (tertiary/aromatic N) is 4.